The number of amides is 2. The highest BCUT2D eigenvalue weighted by Gasteiger charge is 2.20. The van der Waals surface area contributed by atoms with E-state index in [0.29, 0.717) is 23.4 Å². The van der Waals surface area contributed by atoms with Gasteiger partial charge in [-0.2, -0.15) is 0 Å². The van der Waals surface area contributed by atoms with E-state index < -0.39 is 18.1 Å². The second kappa shape index (κ2) is 8.01. The first-order chi connectivity index (χ1) is 12.6. The Morgan fingerprint density at radius 1 is 1.12 bits per heavy atom. The Kier molecular flexibility index (Phi) is 5.53. The van der Waals surface area contributed by atoms with Crippen molar-refractivity contribution in [2.24, 2.45) is 0 Å². The van der Waals surface area contributed by atoms with Crippen LogP contribution in [0.2, 0.25) is 0 Å². The number of hydrogen-bond acceptors (Lipinski definition) is 4. The van der Waals surface area contributed by atoms with Gasteiger partial charge in [0.15, 0.2) is 0 Å². The van der Waals surface area contributed by atoms with Gasteiger partial charge in [0, 0.05) is 12.1 Å². The summed E-state index contributed by atoms with van der Waals surface area (Å²) in [6.07, 6.45) is 1.65. The number of nitrogens with one attached hydrogen (secondary N) is 2. The van der Waals surface area contributed by atoms with Gasteiger partial charge in [-0.3, -0.25) is 0 Å². The van der Waals surface area contributed by atoms with E-state index >= 15 is 0 Å². The quantitative estimate of drug-likeness (QED) is 0.735. The molecule has 1 atom stereocenters. The zero-order chi connectivity index (χ0) is 18.5. The molecule has 0 saturated carbocycles. The van der Waals surface area contributed by atoms with E-state index in [1.165, 1.54) is 0 Å². The summed E-state index contributed by atoms with van der Waals surface area (Å²) in [5.74, 6) is -0.483. The molecule has 1 aliphatic rings. The number of carbonyl (C=O) groups excluding carboxylic acids is 2. The van der Waals surface area contributed by atoms with Gasteiger partial charge in [-0.05, 0) is 49.1 Å². The minimum Gasteiger partial charge on any atom is -0.462 e. The van der Waals surface area contributed by atoms with Crippen molar-refractivity contribution in [2.45, 2.75) is 32.3 Å². The van der Waals surface area contributed by atoms with Gasteiger partial charge in [-0.15, -0.1) is 0 Å². The van der Waals surface area contributed by atoms with Crippen molar-refractivity contribution in [1.82, 2.24) is 0 Å². The highest BCUT2D eigenvalue weighted by atomic mass is 16.5. The maximum absolute atomic E-state index is 12.4. The van der Waals surface area contributed by atoms with Gasteiger partial charge in [-0.1, -0.05) is 24.3 Å². The molecule has 1 aliphatic carbocycles. The molecular formula is C20H22N2O4. The van der Waals surface area contributed by atoms with E-state index in [2.05, 4.69) is 10.6 Å². The summed E-state index contributed by atoms with van der Waals surface area (Å²) in [7, 11) is 0. The predicted octanol–water partition coefficient (Wildman–Crippen LogP) is 3.36. The number of aliphatic hydroxyl groups is 1. The van der Waals surface area contributed by atoms with Crippen molar-refractivity contribution in [3.8, 4) is 0 Å². The lowest BCUT2D eigenvalue weighted by Gasteiger charge is -2.23. The van der Waals surface area contributed by atoms with Crippen molar-refractivity contribution in [2.75, 3.05) is 17.2 Å². The van der Waals surface area contributed by atoms with Crippen LogP contribution in [0, 0.1) is 0 Å². The van der Waals surface area contributed by atoms with Crippen LogP contribution in [-0.4, -0.2) is 29.8 Å². The third-order valence-corrected chi connectivity index (χ3v) is 4.38. The molecule has 2 aromatic rings. The van der Waals surface area contributed by atoms with Crippen LogP contribution < -0.4 is 10.6 Å². The lowest BCUT2D eigenvalue weighted by molar-refractivity contribution is 0.0527. The van der Waals surface area contributed by atoms with Crippen molar-refractivity contribution in [3.05, 3.63) is 59.2 Å². The van der Waals surface area contributed by atoms with Gasteiger partial charge in [0.25, 0.3) is 0 Å². The topological polar surface area (TPSA) is 87.7 Å². The number of fused-ring (bicyclic) bond motifs is 1. The molecule has 136 valence electrons. The van der Waals surface area contributed by atoms with Gasteiger partial charge >= 0.3 is 12.0 Å². The molecule has 3 N–H and O–H groups in total. The second-order valence-electron chi connectivity index (χ2n) is 6.19. The largest absolute Gasteiger partial charge is 0.462 e. The molecule has 6 heteroatoms. The predicted molar refractivity (Wildman–Crippen MR) is 99.5 cm³/mol. The van der Waals surface area contributed by atoms with E-state index in [4.69, 9.17) is 4.74 Å². The Bertz CT molecular complexity index is 819. The molecule has 1 unspecified atom stereocenters. The van der Waals surface area contributed by atoms with Crippen LogP contribution in [-0.2, 0) is 17.6 Å². The first kappa shape index (κ1) is 17.9. The van der Waals surface area contributed by atoms with Crippen LogP contribution in [0.5, 0.6) is 0 Å². The van der Waals surface area contributed by atoms with Crippen LogP contribution >= 0.6 is 0 Å². The Morgan fingerprint density at radius 2 is 1.85 bits per heavy atom. The van der Waals surface area contributed by atoms with Crippen molar-refractivity contribution >= 4 is 23.4 Å². The maximum atomic E-state index is 12.4. The molecule has 0 spiro atoms. The number of aliphatic hydroxyl groups excluding tert-OH is 1. The fourth-order valence-corrected chi connectivity index (χ4v) is 3.14. The minimum atomic E-state index is -0.483. The summed E-state index contributed by atoms with van der Waals surface area (Å²) in [5, 5.41) is 15.4. The first-order valence-electron chi connectivity index (χ1n) is 8.71. The fourth-order valence-electron chi connectivity index (χ4n) is 3.14. The van der Waals surface area contributed by atoms with Crippen LogP contribution in [0.1, 0.15) is 34.8 Å². The summed E-state index contributed by atoms with van der Waals surface area (Å²) in [5.41, 5.74) is 3.45. The van der Waals surface area contributed by atoms with Crippen LogP contribution in [0.25, 0.3) is 0 Å². The monoisotopic (exact) mass is 354 g/mol. The average Bonchev–Trinajstić information content (AvgIpc) is 2.63. The van der Waals surface area contributed by atoms with E-state index in [1.54, 1.807) is 31.2 Å². The zero-order valence-corrected chi connectivity index (χ0v) is 14.6. The minimum absolute atomic E-state index is 0.262. The molecule has 0 radical (unpaired) electrons. The highest BCUT2D eigenvalue weighted by Crippen LogP contribution is 2.28. The van der Waals surface area contributed by atoms with Crippen molar-refractivity contribution < 1.29 is 19.4 Å². The van der Waals surface area contributed by atoms with Crippen LogP contribution in [0.4, 0.5) is 16.2 Å². The lowest BCUT2D eigenvalue weighted by atomic mass is 9.88. The summed E-state index contributed by atoms with van der Waals surface area (Å²) in [6, 6.07) is 12.0. The number of urea groups is 1. The number of ether oxygens (including phenoxy) is 1. The molecule has 0 bridgehead atoms. The molecule has 0 aromatic heterocycles. The highest BCUT2D eigenvalue weighted by molar-refractivity contribution is 6.05. The van der Waals surface area contributed by atoms with Crippen molar-refractivity contribution in [3.63, 3.8) is 0 Å². The molecule has 0 aliphatic heterocycles. The molecule has 26 heavy (non-hydrogen) atoms. The number of anilines is 2. The number of hydrogen-bond donors (Lipinski definition) is 3. The molecule has 0 saturated heterocycles. The van der Waals surface area contributed by atoms with Gasteiger partial charge < -0.3 is 20.5 Å². The molecule has 2 aromatic carbocycles. The fraction of sp³-hybridized carbons (Fsp3) is 0.300. The second-order valence-corrected chi connectivity index (χ2v) is 6.19. The number of rotatable bonds is 4. The summed E-state index contributed by atoms with van der Waals surface area (Å²) in [6.45, 7) is 1.99. The van der Waals surface area contributed by atoms with E-state index in [0.717, 1.165) is 24.0 Å². The van der Waals surface area contributed by atoms with E-state index in [1.807, 2.05) is 18.2 Å². The van der Waals surface area contributed by atoms with Crippen molar-refractivity contribution in [1.29, 1.82) is 0 Å². The number of para-hydroxylation sites is 1. The smallest absolute Gasteiger partial charge is 0.340 e. The third-order valence-electron chi connectivity index (χ3n) is 4.38. The standard InChI is InChI=1S/C20H22N2O4/c1-2-26-19(24)15-7-3-4-8-17(15)21-20(25)22-18-9-5-6-13-10-11-14(23)12-16(13)18/h3-9,14,23H,2,10-12H2,1H3,(H2,21,22,25). The molecule has 6 nitrogen and oxygen atoms in total. The zero-order valence-electron chi connectivity index (χ0n) is 14.6. The van der Waals surface area contributed by atoms with E-state index in [-0.39, 0.29) is 6.61 Å². The maximum Gasteiger partial charge on any atom is 0.340 e. The molecule has 2 amide bonds. The lowest BCUT2D eigenvalue weighted by Crippen LogP contribution is -2.25. The Labute approximate surface area is 152 Å². The summed E-state index contributed by atoms with van der Waals surface area (Å²) >= 11 is 0. The Hall–Kier alpha value is -2.86. The number of esters is 1. The Balaban J connectivity index is 1.76. The van der Waals surface area contributed by atoms with Gasteiger partial charge in [-0.25, -0.2) is 9.59 Å². The van der Waals surface area contributed by atoms with Gasteiger partial charge in [0.1, 0.15) is 0 Å². The van der Waals surface area contributed by atoms with Crippen LogP contribution in [0.15, 0.2) is 42.5 Å². The van der Waals surface area contributed by atoms with Gasteiger partial charge in [0.2, 0.25) is 0 Å². The van der Waals surface area contributed by atoms with E-state index in [9.17, 15) is 14.7 Å². The third kappa shape index (κ3) is 4.03. The summed E-state index contributed by atoms with van der Waals surface area (Å²) < 4.78 is 5.02. The number of carbonyl (C=O) groups is 2. The number of benzene rings is 2. The summed E-state index contributed by atoms with van der Waals surface area (Å²) in [4.78, 5) is 24.5. The first-order valence-corrected chi connectivity index (χ1v) is 8.71. The van der Waals surface area contributed by atoms with Gasteiger partial charge in [0.05, 0.1) is 24.0 Å². The Morgan fingerprint density at radius 3 is 2.65 bits per heavy atom. The SMILES string of the molecule is CCOC(=O)c1ccccc1NC(=O)Nc1cccc2c1CC(O)CC2. The molecular weight excluding hydrogens is 332 g/mol. The molecule has 3 rings (SSSR count). The molecule has 0 fully saturated rings. The average molecular weight is 354 g/mol. The van der Waals surface area contributed by atoms with Crippen LogP contribution in [0.3, 0.4) is 0 Å². The number of aryl methyl sites for hydroxylation is 1. The molecule has 0 heterocycles. The normalized spacial score (nSPS) is 15.7.